The monoisotopic (exact) mass is 319 g/mol. The minimum Gasteiger partial charge on any atom is -0.341 e. The Morgan fingerprint density at radius 1 is 1.09 bits per heavy atom. The number of nitriles is 2. The summed E-state index contributed by atoms with van der Waals surface area (Å²) in [4.78, 5) is 2.28. The third-order valence-electron chi connectivity index (χ3n) is 3.91. The summed E-state index contributed by atoms with van der Waals surface area (Å²) < 4.78 is 0. The van der Waals surface area contributed by atoms with E-state index in [9.17, 15) is 0 Å². The van der Waals surface area contributed by atoms with E-state index >= 15 is 0 Å². The predicted molar refractivity (Wildman–Crippen MR) is 92.4 cm³/mol. The van der Waals surface area contributed by atoms with Crippen LogP contribution in [-0.2, 0) is 6.42 Å². The summed E-state index contributed by atoms with van der Waals surface area (Å²) in [5.74, 6) is 0. The lowest BCUT2D eigenvalue weighted by molar-refractivity contribution is 0.766. The van der Waals surface area contributed by atoms with Crippen molar-refractivity contribution in [2.75, 3.05) is 11.4 Å². The van der Waals surface area contributed by atoms with Crippen LogP contribution in [0.5, 0.6) is 0 Å². The van der Waals surface area contributed by atoms with Crippen LogP contribution in [0, 0.1) is 22.7 Å². The average molecular weight is 320 g/mol. The number of aryl methyl sites for hydroxylation is 1. The first-order valence-corrected chi connectivity index (χ1v) is 7.77. The van der Waals surface area contributed by atoms with Crippen molar-refractivity contribution in [2.24, 2.45) is 0 Å². The van der Waals surface area contributed by atoms with Gasteiger partial charge in [-0.1, -0.05) is 17.7 Å². The highest BCUT2D eigenvalue weighted by Gasteiger charge is 2.18. The molecule has 0 radical (unpaired) electrons. The van der Waals surface area contributed by atoms with Crippen molar-refractivity contribution in [3.8, 4) is 12.1 Å². The fraction of sp³-hybridized carbons (Fsp3) is 0.158. The van der Waals surface area contributed by atoms with Gasteiger partial charge >= 0.3 is 0 Å². The Balaban J connectivity index is 1.98. The number of anilines is 2. The lowest BCUT2D eigenvalue weighted by atomic mass is 9.98. The zero-order valence-corrected chi connectivity index (χ0v) is 13.2. The lowest BCUT2D eigenvalue weighted by Gasteiger charge is -2.31. The number of hydrogen-bond donors (Lipinski definition) is 0. The Morgan fingerprint density at radius 3 is 2.52 bits per heavy atom. The first kappa shape index (κ1) is 15.2. The summed E-state index contributed by atoms with van der Waals surface area (Å²) in [5, 5.41) is 18.5. The van der Waals surface area contributed by atoms with Gasteiger partial charge in [-0.3, -0.25) is 0 Å². The molecule has 0 aromatic heterocycles. The van der Waals surface area contributed by atoms with Gasteiger partial charge < -0.3 is 4.90 Å². The van der Waals surface area contributed by atoms with Crippen LogP contribution in [0.25, 0.3) is 6.08 Å². The molecule has 0 saturated heterocycles. The highest BCUT2D eigenvalue weighted by atomic mass is 35.5. The van der Waals surface area contributed by atoms with E-state index in [0.717, 1.165) is 35.7 Å². The van der Waals surface area contributed by atoms with Crippen LogP contribution in [0.2, 0.25) is 5.02 Å². The topological polar surface area (TPSA) is 50.8 Å². The molecular weight excluding hydrogens is 306 g/mol. The summed E-state index contributed by atoms with van der Waals surface area (Å²) in [6.07, 6.45) is 3.68. The van der Waals surface area contributed by atoms with Crippen LogP contribution in [0.4, 0.5) is 11.4 Å². The van der Waals surface area contributed by atoms with Crippen molar-refractivity contribution >= 4 is 29.1 Å². The maximum absolute atomic E-state index is 8.88. The molecule has 0 aliphatic carbocycles. The second-order valence-electron chi connectivity index (χ2n) is 5.40. The van der Waals surface area contributed by atoms with Gasteiger partial charge in [0.15, 0.2) is 0 Å². The molecule has 112 valence electrons. The fourth-order valence-electron chi connectivity index (χ4n) is 2.85. The molecule has 1 heterocycles. The Morgan fingerprint density at radius 2 is 1.83 bits per heavy atom. The van der Waals surface area contributed by atoms with E-state index < -0.39 is 0 Å². The molecule has 0 atom stereocenters. The lowest BCUT2D eigenvalue weighted by Crippen LogP contribution is -2.24. The quantitative estimate of drug-likeness (QED) is 0.743. The molecule has 3 nitrogen and oxygen atoms in total. The van der Waals surface area contributed by atoms with E-state index in [1.165, 1.54) is 11.3 Å². The molecule has 1 aliphatic rings. The van der Waals surface area contributed by atoms with Crippen molar-refractivity contribution in [3.63, 3.8) is 0 Å². The van der Waals surface area contributed by atoms with Gasteiger partial charge in [-0.2, -0.15) is 10.5 Å². The van der Waals surface area contributed by atoms with Crippen LogP contribution in [0.1, 0.15) is 17.5 Å². The molecule has 3 rings (SSSR count). The molecule has 1 aliphatic heterocycles. The predicted octanol–water partition coefficient (Wildman–Crippen LogP) is 4.85. The number of rotatable bonds is 2. The standard InChI is InChI=1S/C19H14ClN3/c20-17-4-6-18(7-5-17)23-9-1-2-16-11-14(3-8-19(16)23)10-15(12-21)13-22/h3-8,10-11H,1-2,9H2. The number of nitrogens with zero attached hydrogens (tertiary/aromatic N) is 3. The Kier molecular flexibility index (Phi) is 4.33. The van der Waals surface area contributed by atoms with Crippen LogP contribution in [0.3, 0.4) is 0 Å². The molecule has 0 N–H and O–H groups in total. The molecule has 0 saturated carbocycles. The third kappa shape index (κ3) is 3.21. The molecule has 0 amide bonds. The largest absolute Gasteiger partial charge is 0.341 e. The Bertz CT molecular complexity index is 822. The SMILES string of the molecule is N#CC(C#N)=Cc1ccc2c(c1)CCCN2c1ccc(Cl)cc1. The number of allylic oxidation sites excluding steroid dienone is 1. The first-order chi connectivity index (χ1) is 11.2. The van der Waals surface area contributed by atoms with Crippen LogP contribution < -0.4 is 4.90 Å². The maximum Gasteiger partial charge on any atom is 0.130 e. The van der Waals surface area contributed by atoms with E-state index in [1.807, 2.05) is 42.5 Å². The van der Waals surface area contributed by atoms with E-state index in [1.54, 1.807) is 6.08 Å². The summed E-state index contributed by atoms with van der Waals surface area (Å²) in [7, 11) is 0. The molecule has 4 heteroatoms. The molecule has 0 bridgehead atoms. The number of hydrogen-bond acceptors (Lipinski definition) is 3. The van der Waals surface area contributed by atoms with Crippen molar-refractivity contribution in [2.45, 2.75) is 12.8 Å². The number of fused-ring (bicyclic) bond motifs is 1. The summed E-state index contributed by atoms with van der Waals surface area (Å²) in [6, 6.07) is 17.7. The Hall–Kier alpha value is -2.75. The summed E-state index contributed by atoms with van der Waals surface area (Å²) >= 11 is 5.97. The van der Waals surface area contributed by atoms with Gasteiger partial charge in [-0.15, -0.1) is 0 Å². The number of benzene rings is 2. The average Bonchev–Trinajstić information content (AvgIpc) is 2.59. The van der Waals surface area contributed by atoms with Crippen LogP contribution in [-0.4, -0.2) is 6.54 Å². The normalized spacial score (nSPS) is 12.7. The second kappa shape index (κ2) is 6.57. The molecular formula is C19H14ClN3. The van der Waals surface area contributed by atoms with E-state index in [4.69, 9.17) is 22.1 Å². The van der Waals surface area contributed by atoms with Crippen molar-refractivity contribution < 1.29 is 0 Å². The minimum absolute atomic E-state index is 0.121. The molecule has 2 aromatic rings. The van der Waals surface area contributed by atoms with Gasteiger partial charge in [0.1, 0.15) is 17.7 Å². The van der Waals surface area contributed by atoms with Crippen LogP contribution >= 0.6 is 11.6 Å². The van der Waals surface area contributed by atoms with E-state index in [-0.39, 0.29) is 5.57 Å². The van der Waals surface area contributed by atoms with Gasteiger partial charge in [-0.05, 0) is 66.4 Å². The summed E-state index contributed by atoms with van der Waals surface area (Å²) in [5.41, 5.74) is 4.53. The molecule has 2 aromatic carbocycles. The van der Waals surface area contributed by atoms with Gasteiger partial charge in [0, 0.05) is 22.9 Å². The summed E-state index contributed by atoms with van der Waals surface area (Å²) in [6.45, 7) is 0.964. The smallest absolute Gasteiger partial charge is 0.130 e. The highest BCUT2D eigenvalue weighted by Crippen LogP contribution is 2.34. The van der Waals surface area contributed by atoms with Crippen LogP contribution in [0.15, 0.2) is 48.0 Å². The van der Waals surface area contributed by atoms with Gasteiger partial charge in [0.05, 0.1) is 0 Å². The molecule has 0 spiro atoms. The van der Waals surface area contributed by atoms with Gasteiger partial charge in [0.25, 0.3) is 0 Å². The maximum atomic E-state index is 8.88. The van der Waals surface area contributed by atoms with Crippen molar-refractivity contribution in [1.29, 1.82) is 10.5 Å². The molecule has 0 fully saturated rings. The molecule has 0 unspecified atom stereocenters. The second-order valence-corrected chi connectivity index (χ2v) is 5.84. The zero-order valence-electron chi connectivity index (χ0n) is 12.5. The molecule has 23 heavy (non-hydrogen) atoms. The van der Waals surface area contributed by atoms with Crippen molar-refractivity contribution in [1.82, 2.24) is 0 Å². The van der Waals surface area contributed by atoms with Gasteiger partial charge in [0.2, 0.25) is 0 Å². The number of halogens is 1. The minimum atomic E-state index is 0.121. The van der Waals surface area contributed by atoms with E-state index in [0.29, 0.717) is 0 Å². The first-order valence-electron chi connectivity index (χ1n) is 7.39. The zero-order chi connectivity index (χ0) is 16.2. The third-order valence-corrected chi connectivity index (χ3v) is 4.16. The van der Waals surface area contributed by atoms with Gasteiger partial charge in [-0.25, -0.2) is 0 Å². The fourth-order valence-corrected chi connectivity index (χ4v) is 2.98. The Labute approximate surface area is 140 Å². The van der Waals surface area contributed by atoms with E-state index in [2.05, 4.69) is 17.0 Å². The highest BCUT2D eigenvalue weighted by molar-refractivity contribution is 6.30. The van der Waals surface area contributed by atoms with Crippen molar-refractivity contribution in [3.05, 3.63) is 64.2 Å².